The first-order valence-corrected chi connectivity index (χ1v) is 6.33. The molecule has 1 unspecified atom stereocenters. The summed E-state index contributed by atoms with van der Waals surface area (Å²) < 4.78 is 26.5. The van der Waals surface area contributed by atoms with Gasteiger partial charge in [0.05, 0.1) is 5.56 Å². The Balaban J connectivity index is 2.12. The molecule has 0 aromatic carbocycles. The predicted octanol–water partition coefficient (Wildman–Crippen LogP) is 1.59. The maximum Gasteiger partial charge on any atom is 0.257 e. The standard InChI is InChI=1S/C13H16F2N2O2/c14-11-10(3-5-16-12(11)15)13(19)17-6-1-2-9(8-17)4-7-18/h3,5,9,18H,1-2,4,6-8H2. The quantitative estimate of drug-likeness (QED) is 0.849. The number of piperidine rings is 1. The maximum atomic E-state index is 13.5. The number of carbonyl (C=O) groups is 1. The molecule has 1 aromatic heterocycles. The normalized spacial score (nSPS) is 19.5. The van der Waals surface area contributed by atoms with Gasteiger partial charge >= 0.3 is 0 Å². The van der Waals surface area contributed by atoms with E-state index in [2.05, 4.69) is 4.98 Å². The van der Waals surface area contributed by atoms with E-state index in [4.69, 9.17) is 5.11 Å². The maximum absolute atomic E-state index is 13.5. The van der Waals surface area contributed by atoms with E-state index in [-0.39, 0.29) is 18.1 Å². The van der Waals surface area contributed by atoms with Crippen LogP contribution in [0.1, 0.15) is 29.6 Å². The van der Waals surface area contributed by atoms with E-state index in [9.17, 15) is 13.6 Å². The van der Waals surface area contributed by atoms with Crippen LogP contribution in [0.2, 0.25) is 0 Å². The second-order valence-corrected chi connectivity index (χ2v) is 4.74. The van der Waals surface area contributed by atoms with Crippen LogP contribution in [0.25, 0.3) is 0 Å². The van der Waals surface area contributed by atoms with Crippen LogP contribution in [-0.2, 0) is 0 Å². The predicted molar refractivity (Wildman–Crippen MR) is 64.5 cm³/mol. The SMILES string of the molecule is O=C(c1ccnc(F)c1F)N1CCCC(CCO)C1. The molecule has 1 aliphatic rings. The minimum atomic E-state index is -1.25. The first-order valence-electron chi connectivity index (χ1n) is 6.33. The molecular weight excluding hydrogens is 254 g/mol. The van der Waals surface area contributed by atoms with Gasteiger partial charge in [-0.15, -0.1) is 0 Å². The molecule has 1 fully saturated rings. The highest BCUT2D eigenvalue weighted by molar-refractivity contribution is 5.94. The highest BCUT2D eigenvalue weighted by Gasteiger charge is 2.26. The van der Waals surface area contributed by atoms with Gasteiger partial charge in [0.15, 0.2) is 5.82 Å². The smallest absolute Gasteiger partial charge is 0.257 e. The molecule has 2 rings (SSSR count). The second-order valence-electron chi connectivity index (χ2n) is 4.74. The van der Waals surface area contributed by atoms with Crippen molar-refractivity contribution >= 4 is 5.91 Å². The van der Waals surface area contributed by atoms with Crippen molar-refractivity contribution in [3.05, 3.63) is 29.6 Å². The van der Waals surface area contributed by atoms with E-state index in [0.717, 1.165) is 19.0 Å². The number of aliphatic hydroxyl groups excluding tert-OH is 1. The van der Waals surface area contributed by atoms with Crippen LogP contribution in [0.5, 0.6) is 0 Å². The average molecular weight is 270 g/mol. The van der Waals surface area contributed by atoms with Crippen LogP contribution >= 0.6 is 0 Å². The third-order valence-corrected chi connectivity index (χ3v) is 3.42. The fourth-order valence-corrected chi connectivity index (χ4v) is 2.42. The molecule has 1 N–H and O–H groups in total. The van der Waals surface area contributed by atoms with Gasteiger partial charge in [0, 0.05) is 25.9 Å². The van der Waals surface area contributed by atoms with E-state index in [1.807, 2.05) is 0 Å². The fraction of sp³-hybridized carbons (Fsp3) is 0.538. The Labute approximate surface area is 110 Å². The van der Waals surface area contributed by atoms with Crippen molar-refractivity contribution in [1.82, 2.24) is 9.88 Å². The number of carbonyl (C=O) groups excluding carboxylic acids is 1. The Kier molecular flexibility index (Phi) is 4.42. The van der Waals surface area contributed by atoms with Gasteiger partial charge in [-0.1, -0.05) is 0 Å². The van der Waals surface area contributed by atoms with Crippen LogP contribution < -0.4 is 0 Å². The molecule has 1 atom stereocenters. The molecule has 4 nitrogen and oxygen atoms in total. The van der Waals surface area contributed by atoms with Crippen LogP contribution in [0.3, 0.4) is 0 Å². The van der Waals surface area contributed by atoms with Gasteiger partial charge in [0.1, 0.15) is 0 Å². The Hall–Kier alpha value is -1.56. The van der Waals surface area contributed by atoms with Crippen molar-refractivity contribution in [2.75, 3.05) is 19.7 Å². The van der Waals surface area contributed by atoms with Crippen molar-refractivity contribution in [2.24, 2.45) is 5.92 Å². The zero-order chi connectivity index (χ0) is 13.8. The molecule has 1 amide bonds. The molecule has 0 bridgehead atoms. The van der Waals surface area contributed by atoms with E-state index in [0.29, 0.717) is 19.5 Å². The lowest BCUT2D eigenvalue weighted by atomic mass is 9.94. The molecule has 0 spiro atoms. The molecule has 0 saturated carbocycles. The number of rotatable bonds is 3. The number of hydrogen-bond donors (Lipinski definition) is 1. The third-order valence-electron chi connectivity index (χ3n) is 3.42. The van der Waals surface area contributed by atoms with Gasteiger partial charge in [0.25, 0.3) is 5.91 Å². The monoisotopic (exact) mass is 270 g/mol. The van der Waals surface area contributed by atoms with Gasteiger partial charge in [0.2, 0.25) is 5.95 Å². The molecule has 0 radical (unpaired) electrons. The summed E-state index contributed by atoms with van der Waals surface area (Å²) in [7, 11) is 0. The number of nitrogens with zero attached hydrogens (tertiary/aromatic N) is 2. The topological polar surface area (TPSA) is 53.4 Å². The summed E-state index contributed by atoms with van der Waals surface area (Å²) in [6, 6.07) is 1.19. The molecule has 1 aliphatic heterocycles. The van der Waals surface area contributed by atoms with E-state index in [1.54, 1.807) is 0 Å². The van der Waals surface area contributed by atoms with Crippen LogP contribution in [0, 0.1) is 17.7 Å². The molecular formula is C13H16F2N2O2. The molecule has 2 heterocycles. The molecule has 6 heteroatoms. The molecule has 19 heavy (non-hydrogen) atoms. The Bertz CT molecular complexity index is 466. The number of halogens is 2. The zero-order valence-electron chi connectivity index (χ0n) is 10.5. The number of hydrogen-bond acceptors (Lipinski definition) is 3. The second kappa shape index (κ2) is 6.06. The minimum Gasteiger partial charge on any atom is -0.396 e. The van der Waals surface area contributed by atoms with E-state index >= 15 is 0 Å². The molecule has 1 aromatic rings. The Morgan fingerprint density at radius 2 is 2.32 bits per heavy atom. The Morgan fingerprint density at radius 3 is 3.05 bits per heavy atom. The number of amides is 1. The summed E-state index contributed by atoms with van der Waals surface area (Å²) >= 11 is 0. The highest BCUT2D eigenvalue weighted by Crippen LogP contribution is 2.22. The van der Waals surface area contributed by atoms with Gasteiger partial charge in [-0.3, -0.25) is 4.79 Å². The van der Waals surface area contributed by atoms with Gasteiger partial charge < -0.3 is 10.0 Å². The van der Waals surface area contributed by atoms with E-state index in [1.165, 1.54) is 11.0 Å². The number of pyridine rings is 1. The highest BCUT2D eigenvalue weighted by atomic mass is 19.2. The first kappa shape index (κ1) is 13.9. The molecule has 104 valence electrons. The number of likely N-dealkylation sites (tertiary alicyclic amines) is 1. The van der Waals surface area contributed by atoms with Gasteiger partial charge in [-0.2, -0.15) is 4.39 Å². The van der Waals surface area contributed by atoms with Crippen molar-refractivity contribution in [3.63, 3.8) is 0 Å². The average Bonchev–Trinajstić information content (AvgIpc) is 2.42. The summed E-state index contributed by atoms with van der Waals surface area (Å²) in [6.07, 6.45) is 3.46. The molecule has 1 saturated heterocycles. The molecule has 0 aliphatic carbocycles. The number of aliphatic hydroxyl groups is 1. The van der Waals surface area contributed by atoms with E-state index < -0.39 is 17.7 Å². The number of aromatic nitrogens is 1. The Morgan fingerprint density at radius 1 is 1.53 bits per heavy atom. The summed E-state index contributed by atoms with van der Waals surface area (Å²) in [5.41, 5.74) is -0.280. The van der Waals surface area contributed by atoms with Crippen molar-refractivity contribution in [2.45, 2.75) is 19.3 Å². The van der Waals surface area contributed by atoms with Crippen LogP contribution in [0.15, 0.2) is 12.3 Å². The van der Waals surface area contributed by atoms with Gasteiger partial charge in [-0.05, 0) is 31.2 Å². The van der Waals surface area contributed by atoms with Gasteiger partial charge in [-0.25, -0.2) is 9.37 Å². The zero-order valence-corrected chi connectivity index (χ0v) is 10.5. The summed E-state index contributed by atoms with van der Waals surface area (Å²) in [5, 5.41) is 8.92. The third kappa shape index (κ3) is 3.07. The first-order chi connectivity index (χ1) is 9.13. The minimum absolute atomic E-state index is 0.0743. The summed E-state index contributed by atoms with van der Waals surface area (Å²) in [5.74, 6) is -2.74. The lowest BCUT2D eigenvalue weighted by molar-refractivity contribution is 0.0647. The van der Waals surface area contributed by atoms with Crippen LogP contribution in [-0.4, -0.2) is 40.6 Å². The lowest BCUT2D eigenvalue weighted by Crippen LogP contribution is -2.40. The van der Waals surface area contributed by atoms with Crippen molar-refractivity contribution in [1.29, 1.82) is 0 Å². The fourth-order valence-electron chi connectivity index (χ4n) is 2.42. The largest absolute Gasteiger partial charge is 0.396 e. The van der Waals surface area contributed by atoms with Crippen molar-refractivity contribution < 1.29 is 18.7 Å². The lowest BCUT2D eigenvalue weighted by Gasteiger charge is -2.32. The summed E-state index contributed by atoms with van der Waals surface area (Å²) in [6.45, 7) is 1.08. The van der Waals surface area contributed by atoms with Crippen LogP contribution in [0.4, 0.5) is 8.78 Å². The van der Waals surface area contributed by atoms with Crippen molar-refractivity contribution in [3.8, 4) is 0 Å². The summed E-state index contributed by atoms with van der Waals surface area (Å²) in [4.78, 5) is 16.8.